The molecule has 1 unspecified atom stereocenters. The summed E-state index contributed by atoms with van der Waals surface area (Å²) in [5.41, 5.74) is 0. The van der Waals surface area contributed by atoms with Gasteiger partial charge in [-0.25, -0.2) is 0 Å². The topological polar surface area (TPSA) is 41.1 Å². The van der Waals surface area contributed by atoms with Crippen LogP contribution in [0.4, 0.5) is 0 Å². The Morgan fingerprint density at radius 3 is 3.17 bits per heavy atom. The monoisotopic (exact) mass is 166 g/mol. The first kappa shape index (κ1) is 9.08. The zero-order valence-electron chi connectivity index (χ0n) is 7.31. The zero-order valence-corrected chi connectivity index (χ0v) is 7.31. The van der Waals surface area contributed by atoms with Crippen LogP contribution in [0.15, 0.2) is 0 Å². The third-order valence-corrected chi connectivity index (χ3v) is 1.95. The molecule has 0 aromatic rings. The fraction of sp³-hybridized carbons (Fsp3) is 0.667. The number of amides is 1. The SMILES string of the molecule is CC#CC(=O)NCC1CCNC1. The molecule has 12 heavy (non-hydrogen) atoms. The van der Waals surface area contributed by atoms with E-state index >= 15 is 0 Å². The van der Waals surface area contributed by atoms with Crippen LogP contribution in [0.2, 0.25) is 0 Å². The lowest BCUT2D eigenvalue weighted by Crippen LogP contribution is -2.29. The maximum absolute atomic E-state index is 10.9. The molecule has 66 valence electrons. The highest BCUT2D eigenvalue weighted by atomic mass is 16.1. The molecule has 1 aliphatic heterocycles. The van der Waals surface area contributed by atoms with E-state index in [1.165, 1.54) is 0 Å². The largest absolute Gasteiger partial charge is 0.345 e. The lowest BCUT2D eigenvalue weighted by atomic mass is 10.1. The van der Waals surface area contributed by atoms with E-state index in [4.69, 9.17) is 0 Å². The molecule has 3 heteroatoms. The van der Waals surface area contributed by atoms with E-state index in [-0.39, 0.29) is 5.91 Å². The van der Waals surface area contributed by atoms with E-state index in [1.54, 1.807) is 6.92 Å². The van der Waals surface area contributed by atoms with Crippen LogP contribution < -0.4 is 10.6 Å². The molecule has 2 N–H and O–H groups in total. The number of carbonyl (C=O) groups excluding carboxylic acids is 1. The Bertz CT molecular complexity index is 208. The summed E-state index contributed by atoms with van der Waals surface area (Å²) in [6, 6.07) is 0. The molecular formula is C9H14N2O. The molecule has 1 rings (SSSR count). The van der Waals surface area contributed by atoms with E-state index in [2.05, 4.69) is 22.5 Å². The van der Waals surface area contributed by atoms with E-state index < -0.39 is 0 Å². The van der Waals surface area contributed by atoms with Crippen molar-refractivity contribution in [3.63, 3.8) is 0 Å². The molecule has 0 radical (unpaired) electrons. The predicted molar refractivity (Wildman–Crippen MR) is 47.4 cm³/mol. The van der Waals surface area contributed by atoms with Gasteiger partial charge in [-0.1, -0.05) is 5.92 Å². The van der Waals surface area contributed by atoms with Crippen molar-refractivity contribution in [2.45, 2.75) is 13.3 Å². The van der Waals surface area contributed by atoms with Crippen molar-refractivity contribution < 1.29 is 4.79 Å². The standard InChI is InChI=1S/C9H14N2O/c1-2-3-9(12)11-7-8-4-5-10-6-8/h8,10H,4-7H2,1H3,(H,11,12). The van der Waals surface area contributed by atoms with Gasteiger partial charge in [0.1, 0.15) is 0 Å². The number of hydrogen-bond acceptors (Lipinski definition) is 2. The highest BCUT2D eigenvalue weighted by Gasteiger charge is 2.14. The first-order valence-corrected chi connectivity index (χ1v) is 4.24. The molecule has 1 amide bonds. The van der Waals surface area contributed by atoms with Gasteiger partial charge in [-0.3, -0.25) is 4.79 Å². The van der Waals surface area contributed by atoms with Crippen LogP contribution in [-0.2, 0) is 4.79 Å². The normalized spacial score (nSPS) is 21.2. The third kappa shape index (κ3) is 2.93. The van der Waals surface area contributed by atoms with Crippen LogP contribution in [0.5, 0.6) is 0 Å². The van der Waals surface area contributed by atoms with Gasteiger partial charge in [0.25, 0.3) is 5.91 Å². The van der Waals surface area contributed by atoms with Crippen LogP contribution in [0, 0.1) is 17.8 Å². The first-order valence-electron chi connectivity index (χ1n) is 4.24. The Hall–Kier alpha value is -1.01. The van der Waals surface area contributed by atoms with Gasteiger partial charge in [-0.15, -0.1) is 0 Å². The van der Waals surface area contributed by atoms with E-state index in [9.17, 15) is 4.79 Å². The minimum Gasteiger partial charge on any atom is -0.345 e. The molecule has 1 fully saturated rings. The van der Waals surface area contributed by atoms with Gasteiger partial charge in [0.05, 0.1) is 0 Å². The fourth-order valence-corrected chi connectivity index (χ4v) is 1.28. The summed E-state index contributed by atoms with van der Waals surface area (Å²) in [7, 11) is 0. The van der Waals surface area contributed by atoms with Crippen molar-refractivity contribution in [3.05, 3.63) is 0 Å². The molecule has 1 atom stereocenters. The molecular weight excluding hydrogens is 152 g/mol. The molecule has 1 aliphatic rings. The molecule has 0 aliphatic carbocycles. The van der Waals surface area contributed by atoms with Gasteiger partial charge < -0.3 is 10.6 Å². The van der Waals surface area contributed by atoms with Crippen molar-refractivity contribution in [2.24, 2.45) is 5.92 Å². The summed E-state index contributed by atoms with van der Waals surface area (Å²) in [6.07, 6.45) is 1.15. The van der Waals surface area contributed by atoms with Crippen LogP contribution >= 0.6 is 0 Å². The van der Waals surface area contributed by atoms with E-state index in [0.29, 0.717) is 5.92 Å². The Morgan fingerprint density at radius 1 is 1.75 bits per heavy atom. The summed E-state index contributed by atoms with van der Waals surface area (Å²) in [5.74, 6) is 5.44. The van der Waals surface area contributed by atoms with Gasteiger partial charge in [0.15, 0.2) is 0 Å². The van der Waals surface area contributed by atoms with Crippen LogP contribution in [0.1, 0.15) is 13.3 Å². The summed E-state index contributed by atoms with van der Waals surface area (Å²) < 4.78 is 0. The average Bonchev–Trinajstić information content (AvgIpc) is 2.53. The van der Waals surface area contributed by atoms with Crippen molar-refractivity contribution in [1.82, 2.24) is 10.6 Å². The maximum atomic E-state index is 10.9. The summed E-state index contributed by atoms with van der Waals surface area (Å²) in [6.45, 7) is 4.50. The fourth-order valence-electron chi connectivity index (χ4n) is 1.28. The smallest absolute Gasteiger partial charge is 0.295 e. The lowest BCUT2D eigenvalue weighted by Gasteiger charge is -2.06. The van der Waals surface area contributed by atoms with Gasteiger partial charge in [-0.2, -0.15) is 0 Å². The van der Waals surface area contributed by atoms with Crippen LogP contribution in [0.25, 0.3) is 0 Å². The lowest BCUT2D eigenvalue weighted by molar-refractivity contribution is -0.115. The highest BCUT2D eigenvalue weighted by molar-refractivity contribution is 5.93. The second-order valence-corrected chi connectivity index (χ2v) is 2.94. The highest BCUT2D eigenvalue weighted by Crippen LogP contribution is 2.04. The molecule has 1 saturated heterocycles. The molecule has 0 aromatic heterocycles. The Labute approximate surface area is 72.9 Å². The third-order valence-electron chi connectivity index (χ3n) is 1.95. The first-order chi connectivity index (χ1) is 5.83. The van der Waals surface area contributed by atoms with Crippen LogP contribution in [-0.4, -0.2) is 25.5 Å². The average molecular weight is 166 g/mol. The second kappa shape index (κ2) is 4.78. The van der Waals surface area contributed by atoms with Crippen molar-refractivity contribution in [3.8, 4) is 11.8 Å². The van der Waals surface area contributed by atoms with Crippen LogP contribution in [0.3, 0.4) is 0 Å². The van der Waals surface area contributed by atoms with Crippen molar-refractivity contribution in [2.75, 3.05) is 19.6 Å². The van der Waals surface area contributed by atoms with Crippen molar-refractivity contribution >= 4 is 5.91 Å². The number of carbonyl (C=O) groups is 1. The van der Waals surface area contributed by atoms with Gasteiger partial charge in [0.2, 0.25) is 0 Å². The van der Waals surface area contributed by atoms with Gasteiger partial charge in [0, 0.05) is 6.54 Å². The molecule has 0 bridgehead atoms. The van der Waals surface area contributed by atoms with E-state index in [1.807, 2.05) is 0 Å². The summed E-state index contributed by atoms with van der Waals surface area (Å²) in [4.78, 5) is 10.9. The van der Waals surface area contributed by atoms with E-state index in [0.717, 1.165) is 26.1 Å². The predicted octanol–water partition coefficient (Wildman–Crippen LogP) is -0.265. The molecule has 3 nitrogen and oxygen atoms in total. The number of nitrogens with one attached hydrogen (secondary N) is 2. The molecule has 0 saturated carbocycles. The Morgan fingerprint density at radius 2 is 2.58 bits per heavy atom. The number of rotatable bonds is 2. The Kier molecular flexibility index (Phi) is 3.62. The van der Waals surface area contributed by atoms with Gasteiger partial charge in [-0.05, 0) is 38.3 Å². The maximum Gasteiger partial charge on any atom is 0.295 e. The minimum absolute atomic E-state index is 0.163. The minimum atomic E-state index is -0.163. The molecule has 0 spiro atoms. The zero-order chi connectivity index (χ0) is 8.81. The van der Waals surface area contributed by atoms with Gasteiger partial charge >= 0.3 is 0 Å². The molecule has 0 aromatic carbocycles. The molecule has 1 heterocycles. The number of hydrogen-bond donors (Lipinski definition) is 2. The quantitative estimate of drug-likeness (QED) is 0.555. The van der Waals surface area contributed by atoms with Crippen molar-refractivity contribution in [1.29, 1.82) is 0 Å². The summed E-state index contributed by atoms with van der Waals surface area (Å²) >= 11 is 0. The second-order valence-electron chi connectivity index (χ2n) is 2.94. The Balaban J connectivity index is 2.14. The summed E-state index contributed by atoms with van der Waals surface area (Å²) in [5, 5.41) is 6.01.